The second-order valence-electron chi connectivity index (χ2n) is 2.00. The average Bonchev–Trinajstić information content (AvgIpc) is 2.33. The lowest BCUT2D eigenvalue weighted by Gasteiger charge is -1.97. The number of nitrogens with zero attached hydrogens (tertiary/aromatic N) is 2. The van der Waals surface area contributed by atoms with E-state index in [9.17, 15) is 4.79 Å². The zero-order valence-electron chi connectivity index (χ0n) is 6.34. The average molecular weight is 242 g/mol. The molecular weight excluding hydrogens is 234 g/mol. The summed E-state index contributed by atoms with van der Waals surface area (Å²) in [5, 5.41) is 0. The summed E-state index contributed by atoms with van der Waals surface area (Å²) in [6.45, 7) is 0. The molecule has 0 atom stereocenters. The van der Waals surface area contributed by atoms with Crippen LogP contribution in [0.4, 0.5) is 0 Å². The fourth-order valence-electron chi connectivity index (χ4n) is 0.869. The number of halogens is 3. The van der Waals surface area contributed by atoms with Crippen molar-refractivity contribution in [3.8, 4) is 0 Å². The van der Waals surface area contributed by atoms with Crippen molar-refractivity contribution in [1.29, 1.82) is 0 Å². The second-order valence-corrected chi connectivity index (χ2v) is 2.00. The highest BCUT2D eigenvalue weighted by atomic mass is 35.5. The van der Waals surface area contributed by atoms with E-state index in [4.69, 9.17) is 0 Å². The topological polar surface area (TPSA) is 41.8 Å². The molecule has 2 heterocycles. The van der Waals surface area contributed by atoms with Gasteiger partial charge in [-0.3, -0.25) is 9.79 Å². The van der Waals surface area contributed by atoms with E-state index in [-0.39, 0.29) is 43.1 Å². The molecular formula is C7H7Cl3N2O. The molecule has 0 bridgehead atoms. The van der Waals surface area contributed by atoms with Gasteiger partial charge < -0.3 is 0 Å². The molecule has 0 aromatic carbocycles. The van der Waals surface area contributed by atoms with E-state index < -0.39 is 0 Å². The van der Waals surface area contributed by atoms with E-state index >= 15 is 0 Å². The molecule has 2 aliphatic rings. The number of hydrogen-bond donors (Lipinski definition) is 0. The number of aliphatic imine (C=N–C) groups is 2. The Kier molecular flexibility index (Phi) is 6.76. The minimum atomic E-state index is -0.208. The van der Waals surface area contributed by atoms with Crippen molar-refractivity contribution in [2.45, 2.75) is 0 Å². The number of rotatable bonds is 0. The Hall–Kier alpha value is -0.640. The molecule has 0 aromatic rings. The van der Waals surface area contributed by atoms with Crippen molar-refractivity contribution in [3.63, 3.8) is 0 Å². The minimum Gasteiger partial charge on any atom is -0.267 e. The van der Waals surface area contributed by atoms with E-state index in [2.05, 4.69) is 9.98 Å². The maximum atomic E-state index is 10.6. The molecule has 72 valence electrons. The Balaban J connectivity index is 0. The largest absolute Gasteiger partial charge is 0.270 e. The summed E-state index contributed by atoms with van der Waals surface area (Å²) >= 11 is 0. The van der Waals surface area contributed by atoms with Gasteiger partial charge in [-0.2, -0.15) is 0 Å². The van der Waals surface area contributed by atoms with Gasteiger partial charge in [0.15, 0.2) is 0 Å². The molecule has 6 heteroatoms. The third-order valence-corrected chi connectivity index (χ3v) is 1.32. The number of fused-ring (bicyclic) bond motifs is 1. The lowest BCUT2D eigenvalue weighted by molar-refractivity contribution is -0.113. The van der Waals surface area contributed by atoms with Crippen molar-refractivity contribution in [2.24, 2.45) is 9.98 Å². The quantitative estimate of drug-likeness (QED) is 0.637. The van der Waals surface area contributed by atoms with Gasteiger partial charge in [-0.05, 0) is 12.2 Å². The third kappa shape index (κ3) is 2.95. The molecule has 0 unspecified atom stereocenters. The molecule has 0 N–H and O–H groups in total. The van der Waals surface area contributed by atoms with Crippen LogP contribution < -0.4 is 0 Å². The maximum absolute atomic E-state index is 10.6. The van der Waals surface area contributed by atoms with Gasteiger partial charge in [-0.25, -0.2) is 4.99 Å². The third-order valence-electron chi connectivity index (χ3n) is 1.32. The van der Waals surface area contributed by atoms with Crippen molar-refractivity contribution < 1.29 is 4.79 Å². The normalized spacial score (nSPS) is 15.8. The van der Waals surface area contributed by atoms with Crippen LogP contribution in [0.3, 0.4) is 0 Å². The summed E-state index contributed by atoms with van der Waals surface area (Å²) in [6, 6.07) is 0. The summed E-state index contributed by atoms with van der Waals surface area (Å²) < 4.78 is 0. The summed E-state index contributed by atoms with van der Waals surface area (Å²) in [6.07, 6.45) is 6.44. The van der Waals surface area contributed by atoms with Gasteiger partial charge >= 0.3 is 0 Å². The second kappa shape index (κ2) is 5.91. The van der Waals surface area contributed by atoms with Gasteiger partial charge in [-0.1, -0.05) is 0 Å². The highest BCUT2D eigenvalue weighted by Gasteiger charge is 2.12. The standard InChI is InChI=1S/C7H4N2O.3ClH/c10-7-2-1-5-6(9-7)3-4-8-5;;;/h1-4H;3*1H. The summed E-state index contributed by atoms with van der Waals surface area (Å²) in [4.78, 5) is 18.3. The van der Waals surface area contributed by atoms with Crippen LogP contribution >= 0.6 is 37.2 Å². The summed E-state index contributed by atoms with van der Waals surface area (Å²) in [7, 11) is 0. The highest BCUT2D eigenvalue weighted by molar-refractivity contribution is 6.54. The number of carbonyl (C=O) groups is 1. The first kappa shape index (κ1) is 14.9. The first-order chi connectivity index (χ1) is 4.86. The zero-order valence-corrected chi connectivity index (χ0v) is 8.79. The Bertz CT molecular complexity index is 318. The van der Waals surface area contributed by atoms with Crippen molar-refractivity contribution in [2.75, 3.05) is 0 Å². The van der Waals surface area contributed by atoms with Gasteiger partial charge in [0.2, 0.25) is 0 Å². The SMILES string of the molecule is Cl.Cl.Cl.O=C1C=CC2=NC=CC2=N1. The van der Waals surface area contributed by atoms with E-state index in [1.165, 1.54) is 6.08 Å². The van der Waals surface area contributed by atoms with Crippen molar-refractivity contribution in [1.82, 2.24) is 0 Å². The van der Waals surface area contributed by atoms with Gasteiger partial charge in [0.1, 0.15) is 0 Å². The minimum absolute atomic E-state index is 0. The molecule has 0 aliphatic carbocycles. The highest BCUT2D eigenvalue weighted by Crippen LogP contribution is 2.04. The van der Waals surface area contributed by atoms with Gasteiger partial charge in [0.25, 0.3) is 5.91 Å². The molecule has 3 nitrogen and oxygen atoms in total. The van der Waals surface area contributed by atoms with Gasteiger partial charge in [0.05, 0.1) is 11.4 Å². The Morgan fingerprint density at radius 1 is 0.923 bits per heavy atom. The Labute approximate surface area is 93.9 Å². The predicted molar refractivity (Wildman–Crippen MR) is 59.9 cm³/mol. The molecule has 0 radical (unpaired) electrons. The van der Waals surface area contributed by atoms with Gasteiger partial charge in [0, 0.05) is 12.3 Å². The number of hydrogen-bond acceptors (Lipinski definition) is 2. The van der Waals surface area contributed by atoms with E-state index in [0.717, 1.165) is 5.71 Å². The first-order valence-corrected chi connectivity index (χ1v) is 2.92. The molecule has 0 saturated heterocycles. The van der Waals surface area contributed by atoms with Crippen LogP contribution in [-0.2, 0) is 4.79 Å². The predicted octanol–water partition coefficient (Wildman–Crippen LogP) is 1.76. The van der Waals surface area contributed by atoms with Crippen LogP contribution in [0.2, 0.25) is 0 Å². The molecule has 13 heavy (non-hydrogen) atoms. The molecule has 0 saturated carbocycles. The molecule has 1 amide bonds. The number of carbonyl (C=O) groups excluding carboxylic acids is 1. The van der Waals surface area contributed by atoms with Crippen LogP contribution in [0.1, 0.15) is 0 Å². The number of amides is 1. The van der Waals surface area contributed by atoms with Crippen LogP contribution in [0.5, 0.6) is 0 Å². The van der Waals surface area contributed by atoms with Crippen LogP contribution in [0.25, 0.3) is 0 Å². The number of dihydropyridines is 1. The Morgan fingerprint density at radius 2 is 1.62 bits per heavy atom. The number of allylic oxidation sites excluding steroid dienone is 2. The fourth-order valence-corrected chi connectivity index (χ4v) is 0.869. The van der Waals surface area contributed by atoms with Crippen molar-refractivity contribution in [3.05, 3.63) is 24.4 Å². The summed E-state index contributed by atoms with van der Waals surface area (Å²) in [5.74, 6) is -0.208. The smallest absolute Gasteiger partial charge is 0.267 e. The van der Waals surface area contributed by atoms with E-state index in [0.29, 0.717) is 5.71 Å². The molecule has 2 aliphatic heterocycles. The van der Waals surface area contributed by atoms with Crippen LogP contribution in [0.15, 0.2) is 34.4 Å². The molecule has 0 aromatic heterocycles. The first-order valence-electron chi connectivity index (χ1n) is 2.92. The maximum Gasteiger partial charge on any atom is 0.270 e. The van der Waals surface area contributed by atoms with E-state index in [1.807, 2.05) is 0 Å². The lowest BCUT2D eigenvalue weighted by Crippen LogP contribution is -2.12. The fraction of sp³-hybridized carbons (Fsp3) is 0. The van der Waals surface area contributed by atoms with Crippen LogP contribution in [0, 0.1) is 0 Å². The molecule has 0 fully saturated rings. The van der Waals surface area contributed by atoms with Crippen molar-refractivity contribution >= 4 is 54.6 Å². The lowest BCUT2D eigenvalue weighted by atomic mass is 10.2. The van der Waals surface area contributed by atoms with E-state index in [1.54, 1.807) is 18.4 Å². The summed E-state index contributed by atoms with van der Waals surface area (Å²) in [5.41, 5.74) is 1.45. The molecule has 0 spiro atoms. The monoisotopic (exact) mass is 240 g/mol. The molecule has 2 rings (SSSR count). The van der Waals surface area contributed by atoms with Crippen LogP contribution in [-0.4, -0.2) is 17.3 Å². The van der Waals surface area contributed by atoms with Gasteiger partial charge in [-0.15, -0.1) is 37.2 Å². The Morgan fingerprint density at radius 3 is 2.31 bits per heavy atom. The zero-order chi connectivity index (χ0) is 6.97.